The van der Waals surface area contributed by atoms with Crippen molar-refractivity contribution < 1.29 is 4.79 Å². The Balaban J connectivity index is 2.40. The van der Waals surface area contributed by atoms with Gasteiger partial charge in [-0.1, -0.05) is 6.92 Å². The standard InChI is InChI=1S/C11H15N3O2/c1-7-3-4-14-10(5-7)12-6-9(11(14)16)13-8(2)15/h6-7H,3-5H2,1-2H3,(H,13,15). The Morgan fingerprint density at radius 1 is 1.62 bits per heavy atom. The second-order valence-corrected chi connectivity index (χ2v) is 4.32. The Bertz CT molecular complexity index is 479. The summed E-state index contributed by atoms with van der Waals surface area (Å²) in [5.74, 6) is 1.14. The van der Waals surface area contributed by atoms with Crippen molar-refractivity contribution in [3.63, 3.8) is 0 Å². The van der Waals surface area contributed by atoms with E-state index in [-0.39, 0.29) is 17.2 Å². The van der Waals surface area contributed by atoms with E-state index < -0.39 is 0 Å². The number of fused-ring (bicyclic) bond motifs is 1. The van der Waals surface area contributed by atoms with Gasteiger partial charge in [0.05, 0.1) is 6.20 Å². The number of carbonyl (C=O) groups is 1. The summed E-state index contributed by atoms with van der Waals surface area (Å²) in [5, 5.41) is 2.50. The molecule has 0 saturated carbocycles. The lowest BCUT2D eigenvalue weighted by molar-refractivity contribution is -0.114. The molecule has 0 aromatic carbocycles. The molecule has 0 saturated heterocycles. The highest BCUT2D eigenvalue weighted by molar-refractivity contribution is 5.88. The fourth-order valence-corrected chi connectivity index (χ4v) is 1.96. The number of nitrogens with zero attached hydrogens (tertiary/aromatic N) is 2. The van der Waals surface area contributed by atoms with Crippen LogP contribution >= 0.6 is 0 Å². The smallest absolute Gasteiger partial charge is 0.277 e. The number of nitrogens with one attached hydrogen (secondary N) is 1. The van der Waals surface area contributed by atoms with Crippen LogP contribution in [0.4, 0.5) is 5.69 Å². The molecule has 1 aromatic rings. The lowest BCUT2D eigenvalue weighted by Crippen LogP contribution is -2.32. The topological polar surface area (TPSA) is 64.0 Å². The minimum absolute atomic E-state index is 0.146. The molecule has 0 aliphatic carbocycles. The summed E-state index contributed by atoms with van der Waals surface area (Å²) in [4.78, 5) is 27.1. The zero-order valence-electron chi connectivity index (χ0n) is 9.49. The summed E-state index contributed by atoms with van der Waals surface area (Å²) < 4.78 is 1.66. The molecule has 1 amide bonds. The highest BCUT2D eigenvalue weighted by Crippen LogP contribution is 2.16. The minimum Gasteiger partial charge on any atom is -0.320 e. The molecule has 1 aliphatic rings. The Morgan fingerprint density at radius 2 is 2.38 bits per heavy atom. The van der Waals surface area contributed by atoms with E-state index >= 15 is 0 Å². The van der Waals surface area contributed by atoms with Crippen LogP contribution in [0.15, 0.2) is 11.0 Å². The van der Waals surface area contributed by atoms with Crippen molar-refractivity contribution in [3.8, 4) is 0 Å². The molecule has 0 bridgehead atoms. The van der Waals surface area contributed by atoms with Crippen LogP contribution in [0.25, 0.3) is 0 Å². The van der Waals surface area contributed by atoms with Gasteiger partial charge < -0.3 is 5.32 Å². The SMILES string of the molecule is CC(=O)Nc1cnc2n(c1=O)CCC(C)C2. The zero-order valence-corrected chi connectivity index (χ0v) is 9.49. The average molecular weight is 221 g/mol. The number of hydrogen-bond donors (Lipinski definition) is 1. The second kappa shape index (κ2) is 4.08. The van der Waals surface area contributed by atoms with Crippen LogP contribution in [-0.2, 0) is 17.8 Å². The van der Waals surface area contributed by atoms with E-state index in [9.17, 15) is 9.59 Å². The third-order valence-electron chi connectivity index (χ3n) is 2.82. The van der Waals surface area contributed by atoms with Crippen molar-refractivity contribution in [2.75, 3.05) is 5.32 Å². The monoisotopic (exact) mass is 221 g/mol. The first-order valence-electron chi connectivity index (χ1n) is 5.44. The molecule has 1 atom stereocenters. The maximum atomic E-state index is 12.0. The third kappa shape index (κ3) is 1.98. The van der Waals surface area contributed by atoms with Gasteiger partial charge in [0.25, 0.3) is 5.56 Å². The quantitative estimate of drug-likeness (QED) is 0.762. The van der Waals surface area contributed by atoms with E-state index in [1.807, 2.05) is 0 Å². The molecule has 0 radical (unpaired) electrons. The van der Waals surface area contributed by atoms with E-state index in [2.05, 4.69) is 17.2 Å². The van der Waals surface area contributed by atoms with Gasteiger partial charge >= 0.3 is 0 Å². The van der Waals surface area contributed by atoms with E-state index in [4.69, 9.17) is 0 Å². The van der Waals surface area contributed by atoms with Crippen molar-refractivity contribution in [1.29, 1.82) is 0 Å². The fourth-order valence-electron chi connectivity index (χ4n) is 1.96. The van der Waals surface area contributed by atoms with Gasteiger partial charge in [-0.2, -0.15) is 0 Å². The third-order valence-corrected chi connectivity index (χ3v) is 2.82. The van der Waals surface area contributed by atoms with E-state index in [1.165, 1.54) is 13.1 Å². The lowest BCUT2D eigenvalue weighted by Gasteiger charge is -2.22. The molecule has 1 aliphatic heterocycles. The molecular weight excluding hydrogens is 206 g/mol. The van der Waals surface area contributed by atoms with E-state index in [0.717, 1.165) is 18.7 Å². The Hall–Kier alpha value is -1.65. The van der Waals surface area contributed by atoms with Gasteiger partial charge in [-0.05, 0) is 12.3 Å². The number of aromatic nitrogens is 2. The molecule has 1 unspecified atom stereocenters. The highest BCUT2D eigenvalue weighted by atomic mass is 16.2. The summed E-state index contributed by atoms with van der Waals surface area (Å²) >= 11 is 0. The van der Waals surface area contributed by atoms with Crippen LogP contribution in [0.3, 0.4) is 0 Å². The van der Waals surface area contributed by atoms with Gasteiger partial charge in [0.1, 0.15) is 11.5 Å². The van der Waals surface area contributed by atoms with Gasteiger partial charge in [-0.15, -0.1) is 0 Å². The van der Waals surface area contributed by atoms with Gasteiger partial charge in [0.15, 0.2) is 0 Å². The summed E-state index contributed by atoms with van der Waals surface area (Å²) in [7, 11) is 0. The number of carbonyl (C=O) groups excluding carboxylic acids is 1. The summed E-state index contributed by atoms with van der Waals surface area (Å²) in [6.07, 6.45) is 3.27. The lowest BCUT2D eigenvalue weighted by atomic mass is 10.00. The maximum absolute atomic E-state index is 12.0. The predicted octanol–water partition coefficient (Wildman–Crippen LogP) is 0.784. The van der Waals surface area contributed by atoms with Crippen LogP contribution in [0.5, 0.6) is 0 Å². The normalized spacial score (nSPS) is 19.0. The van der Waals surface area contributed by atoms with Crippen LogP contribution in [-0.4, -0.2) is 15.5 Å². The van der Waals surface area contributed by atoms with Gasteiger partial charge in [-0.25, -0.2) is 4.98 Å². The van der Waals surface area contributed by atoms with E-state index in [0.29, 0.717) is 12.5 Å². The molecule has 2 rings (SSSR count). The summed E-state index contributed by atoms with van der Waals surface area (Å²) in [6, 6.07) is 0. The largest absolute Gasteiger partial charge is 0.320 e. The van der Waals surface area contributed by atoms with Crippen molar-refractivity contribution >= 4 is 11.6 Å². The molecule has 0 spiro atoms. The Kier molecular flexibility index (Phi) is 2.77. The summed E-state index contributed by atoms with van der Waals surface area (Å²) in [5.41, 5.74) is 0.123. The predicted molar refractivity (Wildman–Crippen MR) is 60.3 cm³/mol. The molecule has 16 heavy (non-hydrogen) atoms. The highest BCUT2D eigenvalue weighted by Gasteiger charge is 2.18. The molecule has 0 fully saturated rings. The van der Waals surface area contributed by atoms with Gasteiger partial charge in [0, 0.05) is 19.9 Å². The molecule has 5 heteroatoms. The average Bonchev–Trinajstić information content (AvgIpc) is 2.22. The van der Waals surface area contributed by atoms with Gasteiger partial charge in [-0.3, -0.25) is 14.2 Å². The van der Waals surface area contributed by atoms with Crippen LogP contribution in [0.1, 0.15) is 26.1 Å². The molecular formula is C11H15N3O2. The van der Waals surface area contributed by atoms with Crippen LogP contribution < -0.4 is 10.9 Å². The fraction of sp³-hybridized carbons (Fsp3) is 0.545. The van der Waals surface area contributed by atoms with Crippen LogP contribution in [0, 0.1) is 5.92 Å². The Morgan fingerprint density at radius 3 is 3.06 bits per heavy atom. The molecule has 86 valence electrons. The molecule has 2 heterocycles. The first kappa shape index (κ1) is 10.9. The first-order chi connectivity index (χ1) is 7.58. The minimum atomic E-state index is -0.247. The van der Waals surface area contributed by atoms with Crippen molar-refractivity contribution in [2.45, 2.75) is 33.2 Å². The van der Waals surface area contributed by atoms with Crippen molar-refractivity contribution in [3.05, 3.63) is 22.4 Å². The van der Waals surface area contributed by atoms with Crippen molar-refractivity contribution in [1.82, 2.24) is 9.55 Å². The molecule has 1 N–H and O–H groups in total. The maximum Gasteiger partial charge on any atom is 0.277 e. The summed E-state index contributed by atoms with van der Waals surface area (Å²) in [6.45, 7) is 4.22. The van der Waals surface area contributed by atoms with Gasteiger partial charge in [0.2, 0.25) is 5.91 Å². The Labute approximate surface area is 93.5 Å². The first-order valence-corrected chi connectivity index (χ1v) is 5.44. The number of hydrogen-bond acceptors (Lipinski definition) is 3. The van der Waals surface area contributed by atoms with Crippen molar-refractivity contribution in [2.24, 2.45) is 5.92 Å². The second-order valence-electron chi connectivity index (χ2n) is 4.32. The molecule has 5 nitrogen and oxygen atoms in total. The molecule has 1 aromatic heterocycles. The number of amides is 1. The zero-order chi connectivity index (χ0) is 11.7. The number of rotatable bonds is 1. The van der Waals surface area contributed by atoms with E-state index in [1.54, 1.807) is 4.57 Å². The number of anilines is 1. The van der Waals surface area contributed by atoms with Crippen LogP contribution in [0.2, 0.25) is 0 Å².